The molecule has 0 aliphatic rings. The van der Waals surface area contributed by atoms with Crippen LogP contribution >= 0.6 is 0 Å². The Hall–Kier alpha value is -3.02. The van der Waals surface area contributed by atoms with Crippen molar-refractivity contribution < 1.29 is 9.18 Å². The number of aromatic nitrogens is 2. The largest absolute Gasteiger partial charge is 0.398 e. The number of benzene rings is 1. The average molecular weight is 282 g/mol. The number of halogens is 1. The van der Waals surface area contributed by atoms with Crippen LogP contribution in [0.4, 0.5) is 15.8 Å². The molecule has 21 heavy (non-hydrogen) atoms. The van der Waals surface area contributed by atoms with E-state index in [0.29, 0.717) is 11.2 Å². The monoisotopic (exact) mass is 282 g/mol. The van der Waals surface area contributed by atoms with Gasteiger partial charge in [-0.2, -0.15) is 0 Å². The molecule has 1 amide bonds. The Bertz CT molecular complexity index is 835. The summed E-state index contributed by atoms with van der Waals surface area (Å²) in [6.07, 6.45) is 2.42. The van der Waals surface area contributed by atoms with Crippen molar-refractivity contribution in [1.29, 1.82) is 0 Å². The molecule has 5 nitrogen and oxygen atoms in total. The van der Waals surface area contributed by atoms with Gasteiger partial charge in [0.25, 0.3) is 5.91 Å². The summed E-state index contributed by atoms with van der Waals surface area (Å²) in [7, 11) is 0. The van der Waals surface area contributed by atoms with Gasteiger partial charge in [-0.15, -0.1) is 0 Å². The van der Waals surface area contributed by atoms with Crippen molar-refractivity contribution in [3.05, 3.63) is 60.3 Å². The van der Waals surface area contributed by atoms with E-state index < -0.39 is 11.7 Å². The Morgan fingerprint density at radius 3 is 2.86 bits per heavy atom. The first kappa shape index (κ1) is 13.0. The topological polar surface area (TPSA) is 80.9 Å². The highest BCUT2D eigenvalue weighted by atomic mass is 19.1. The van der Waals surface area contributed by atoms with Gasteiger partial charge in [0, 0.05) is 17.3 Å². The fraction of sp³-hybridized carbons (Fsp3) is 0. The van der Waals surface area contributed by atoms with E-state index in [-0.39, 0.29) is 11.4 Å². The summed E-state index contributed by atoms with van der Waals surface area (Å²) >= 11 is 0. The standard InChI is InChI=1S/C15H11FN4O/c16-10-8-18-6-5-13(10)20-15(21)14-7-11(17)9-3-1-2-4-12(9)19-14/h1-8H,(H2,17,19)(H,18,20,21). The molecule has 0 saturated heterocycles. The summed E-state index contributed by atoms with van der Waals surface area (Å²) < 4.78 is 13.5. The van der Waals surface area contributed by atoms with Crippen molar-refractivity contribution in [2.75, 3.05) is 11.1 Å². The van der Waals surface area contributed by atoms with E-state index in [1.54, 1.807) is 12.1 Å². The first-order valence-electron chi connectivity index (χ1n) is 6.21. The van der Waals surface area contributed by atoms with Crippen molar-refractivity contribution in [3.63, 3.8) is 0 Å². The molecule has 6 heteroatoms. The summed E-state index contributed by atoms with van der Waals surface area (Å²) in [5.74, 6) is -1.14. The van der Waals surface area contributed by atoms with Gasteiger partial charge in [0.2, 0.25) is 0 Å². The number of para-hydroxylation sites is 1. The first-order valence-corrected chi connectivity index (χ1v) is 6.21. The van der Waals surface area contributed by atoms with E-state index in [4.69, 9.17) is 5.73 Å². The fourth-order valence-corrected chi connectivity index (χ4v) is 1.98. The predicted octanol–water partition coefficient (Wildman–Crippen LogP) is 2.60. The third kappa shape index (κ3) is 2.51. The number of rotatable bonds is 2. The Morgan fingerprint density at radius 2 is 2.05 bits per heavy atom. The second-order valence-corrected chi connectivity index (χ2v) is 4.42. The van der Waals surface area contributed by atoms with Crippen LogP contribution in [-0.4, -0.2) is 15.9 Å². The maximum absolute atomic E-state index is 13.5. The maximum Gasteiger partial charge on any atom is 0.274 e. The molecule has 3 rings (SSSR count). The Labute approximate surface area is 119 Å². The number of pyridine rings is 2. The number of nitrogens with one attached hydrogen (secondary N) is 1. The molecule has 1 aromatic carbocycles. The smallest absolute Gasteiger partial charge is 0.274 e. The molecular formula is C15H11FN4O. The maximum atomic E-state index is 13.5. The molecular weight excluding hydrogens is 271 g/mol. The van der Waals surface area contributed by atoms with Crippen LogP contribution in [0.15, 0.2) is 48.8 Å². The zero-order valence-corrected chi connectivity index (χ0v) is 10.9. The zero-order valence-electron chi connectivity index (χ0n) is 10.9. The minimum Gasteiger partial charge on any atom is -0.398 e. The number of amides is 1. The quantitative estimate of drug-likeness (QED) is 0.757. The molecule has 0 spiro atoms. The first-order chi connectivity index (χ1) is 10.1. The van der Waals surface area contributed by atoms with Crippen LogP contribution in [0.5, 0.6) is 0 Å². The van der Waals surface area contributed by atoms with Gasteiger partial charge in [-0.1, -0.05) is 18.2 Å². The van der Waals surface area contributed by atoms with E-state index in [1.807, 2.05) is 12.1 Å². The lowest BCUT2D eigenvalue weighted by molar-refractivity contribution is 0.102. The van der Waals surface area contributed by atoms with Crippen molar-refractivity contribution >= 4 is 28.2 Å². The summed E-state index contributed by atoms with van der Waals surface area (Å²) in [4.78, 5) is 20.0. The van der Waals surface area contributed by atoms with Crippen LogP contribution in [0.1, 0.15) is 10.5 Å². The third-order valence-corrected chi connectivity index (χ3v) is 3.00. The molecule has 0 bridgehead atoms. The normalized spacial score (nSPS) is 10.5. The van der Waals surface area contributed by atoms with E-state index in [9.17, 15) is 9.18 Å². The van der Waals surface area contributed by atoms with Gasteiger partial charge in [-0.3, -0.25) is 9.78 Å². The summed E-state index contributed by atoms with van der Waals surface area (Å²) in [5.41, 5.74) is 7.14. The lowest BCUT2D eigenvalue weighted by Gasteiger charge is -2.08. The van der Waals surface area contributed by atoms with E-state index >= 15 is 0 Å². The van der Waals surface area contributed by atoms with Gasteiger partial charge < -0.3 is 11.1 Å². The van der Waals surface area contributed by atoms with Gasteiger partial charge in [-0.05, 0) is 18.2 Å². The van der Waals surface area contributed by atoms with Gasteiger partial charge in [-0.25, -0.2) is 9.37 Å². The second kappa shape index (κ2) is 5.16. The predicted molar refractivity (Wildman–Crippen MR) is 78.3 cm³/mol. The fourth-order valence-electron chi connectivity index (χ4n) is 1.98. The SMILES string of the molecule is Nc1cc(C(=O)Nc2ccncc2F)nc2ccccc12. The van der Waals surface area contributed by atoms with E-state index in [0.717, 1.165) is 11.6 Å². The highest BCUT2D eigenvalue weighted by Gasteiger charge is 2.12. The van der Waals surface area contributed by atoms with Crippen LogP contribution in [-0.2, 0) is 0 Å². The van der Waals surface area contributed by atoms with Crippen molar-refractivity contribution in [1.82, 2.24) is 9.97 Å². The van der Waals surface area contributed by atoms with Crippen molar-refractivity contribution in [2.45, 2.75) is 0 Å². The molecule has 0 unspecified atom stereocenters. The summed E-state index contributed by atoms with van der Waals surface area (Å²) in [6.45, 7) is 0. The van der Waals surface area contributed by atoms with E-state index in [2.05, 4.69) is 15.3 Å². The molecule has 2 aromatic heterocycles. The van der Waals surface area contributed by atoms with Crippen LogP contribution in [0.2, 0.25) is 0 Å². The molecule has 3 aromatic rings. The highest BCUT2D eigenvalue weighted by Crippen LogP contribution is 2.21. The third-order valence-electron chi connectivity index (χ3n) is 3.00. The van der Waals surface area contributed by atoms with Crippen LogP contribution < -0.4 is 11.1 Å². The number of nitrogens with zero attached hydrogens (tertiary/aromatic N) is 2. The Kier molecular flexibility index (Phi) is 3.19. The molecule has 0 aliphatic heterocycles. The second-order valence-electron chi connectivity index (χ2n) is 4.42. The Morgan fingerprint density at radius 1 is 1.24 bits per heavy atom. The van der Waals surface area contributed by atoms with Gasteiger partial charge >= 0.3 is 0 Å². The molecule has 104 valence electrons. The van der Waals surface area contributed by atoms with Gasteiger partial charge in [0.1, 0.15) is 5.69 Å². The molecule has 2 heterocycles. The van der Waals surface area contributed by atoms with Gasteiger partial charge in [0.15, 0.2) is 5.82 Å². The van der Waals surface area contributed by atoms with Crippen LogP contribution in [0.25, 0.3) is 10.9 Å². The van der Waals surface area contributed by atoms with E-state index in [1.165, 1.54) is 18.3 Å². The summed E-state index contributed by atoms with van der Waals surface area (Å²) in [6, 6.07) is 10.1. The minimum atomic E-state index is -0.611. The van der Waals surface area contributed by atoms with Crippen molar-refractivity contribution in [3.8, 4) is 0 Å². The lowest BCUT2D eigenvalue weighted by atomic mass is 10.1. The number of fused-ring (bicyclic) bond motifs is 1. The molecule has 0 atom stereocenters. The molecule has 3 N–H and O–H groups in total. The number of nitrogens with two attached hydrogens (primary N) is 1. The number of nitrogen functional groups attached to an aromatic ring is 1. The number of hydrogen-bond acceptors (Lipinski definition) is 4. The summed E-state index contributed by atoms with van der Waals surface area (Å²) in [5, 5.41) is 3.21. The lowest BCUT2D eigenvalue weighted by Crippen LogP contribution is -2.15. The highest BCUT2D eigenvalue weighted by molar-refractivity contribution is 6.05. The number of carbonyl (C=O) groups is 1. The molecule has 0 aliphatic carbocycles. The Balaban J connectivity index is 1.97. The minimum absolute atomic E-state index is 0.0449. The molecule has 0 saturated carbocycles. The van der Waals surface area contributed by atoms with Crippen molar-refractivity contribution in [2.24, 2.45) is 0 Å². The van der Waals surface area contributed by atoms with Gasteiger partial charge in [0.05, 0.1) is 17.4 Å². The molecule has 0 fully saturated rings. The zero-order chi connectivity index (χ0) is 14.8. The number of carbonyl (C=O) groups excluding carboxylic acids is 1. The number of anilines is 2. The van der Waals surface area contributed by atoms with Crippen LogP contribution in [0.3, 0.4) is 0 Å². The van der Waals surface area contributed by atoms with Crippen LogP contribution in [0, 0.1) is 5.82 Å². The molecule has 0 radical (unpaired) electrons. The number of hydrogen-bond donors (Lipinski definition) is 2. The average Bonchev–Trinajstić information content (AvgIpc) is 2.49.